The van der Waals surface area contributed by atoms with Crippen molar-refractivity contribution in [2.45, 2.75) is 0 Å². The molecule has 0 fully saturated rings. The number of amides is 1. The number of hydrogen-bond donors (Lipinski definition) is 2. The van der Waals surface area contributed by atoms with Crippen LogP contribution in [0.2, 0.25) is 5.02 Å². The van der Waals surface area contributed by atoms with E-state index in [9.17, 15) is 14.9 Å². The molecule has 0 saturated heterocycles. The standard InChI is InChI=1S/C14H11ClN4O3/c15-9-5-7-10(8-6-9)17-14(16)18-13(20)11-3-1-2-4-12(11)19(21)22/h1-8H,(H3,16,17,18,20). The lowest BCUT2D eigenvalue weighted by Crippen LogP contribution is -2.36. The number of nitrogens with two attached hydrogens (primary N) is 1. The molecular formula is C14H11ClN4O3. The Bertz CT molecular complexity index is 744. The first kappa shape index (κ1) is 15.5. The SMILES string of the molecule is NC(=Nc1ccc(Cl)cc1)NC(=O)c1ccccc1[N+](=O)[O-]. The second-order valence-corrected chi connectivity index (χ2v) is 4.64. The summed E-state index contributed by atoms with van der Waals surface area (Å²) in [7, 11) is 0. The molecule has 2 aromatic carbocycles. The van der Waals surface area contributed by atoms with Gasteiger partial charge in [0.15, 0.2) is 0 Å². The summed E-state index contributed by atoms with van der Waals surface area (Å²) in [5.74, 6) is -0.881. The van der Waals surface area contributed by atoms with Crippen molar-refractivity contribution in [3.63, 3.8) is 0 Å². The van der Waals surface area contributed by atoms with Gasteiger partial charge in [0.05, 0.1) is 10.6 Å². The van der Waals surface area contributed by atoms with Crippen LogP contribution in [-0.2, 0) is 0 Å². The highest BCUT2D eigenvalue weighted by Gasteiger charge is 2.19. The Balaban J connectivity index is 2.18. The van der Waals surface area contributed by atoms with Crippen LogP contribution in [0.4, 0.5) is 11.4 Å². The molecule has 0 spiro atoms. The molecule has 7 nitrogen and oxygen atoms in total. The summed E-state index contributed by atoms with van der Waals surface area (Å²) in [6.45, 7) is 0. The van der Waals surface area contributed by atoms with Crippen LogP contribution < -0.4 is 11.1 Å². The maximum Gasteiger partial charge on any atom is 0.282 e. The van der Waals surface area contributed by atoms with Gasteiger partial charge in [-0.25, -0.2) is 4.99 Å². The first-order valence-corrected chi connectivity index (χ1v) is 6.49. The molecule has 0 aromatic heterocycles. The summed E-state index contributed by atoms with van der Waals surface area (Å²) in [6, 6.07) is 12.0. The zero-order valence-corrected chi connectivity index (χ0v) is 11.9. The minimum absolute atomic E-state index is 0.0956. The van der Waals surface area contributed by atoms with Gasteiger partial charge in [-0.2, -0.15) is 0 Å². The molecule has 2 aromatic rings. The van der Waals surface area contributed by atoms with Gasteiger partial charge >= 0.3 is 0 Å². The zero-order chi connectivity index (χ0) is 16.1. The van der Waals surface area contributed by atoms with Crippen molar-refractivity contribution in [1.29, 1.82) is 0 Å². The highest BCUT2D eigenvalue weighted by Crippen LogP contribution is 2.18. The first-order valence-electron chi connectivity index (χ1n) is 6.12. The number of carbonyl (C=O) groups excluding carboxylic acids is 1. The van der Waals surface area contributed by atoms with Gasteiger partial charge in [0.2, 0.25) is 5.96 Å². The van der Waals surface area contributed by atoms with Gasteiger partial charge in [0, 0.05) is 11.1 Å². The minimum Gasteiger partial charge on any atom is -0.369 e. The van der Waals surface area contributed by atoms with Gasteiger partial charge in [-0.3, -0.25) is 20.2 Å². The van der Waals surface area contributed by atoms with Crippen LogP contribution in [0.25, 0.3) is 0 Å². The van der Waals surface area contributed by atoms with E-state index in [2.05, 4.69) is 10.3 Å². The Hall–Kier alpha value is -2.93. The van der Waals surface area contributed by atoms with Crippen molar-refractivity contribution >= 4 is 34.8 Å². The molecule has 2 rings (SSSR count). The smallest absolute Gasteiger partial charge is 0.282 e. The number of nitro groups is 1. The van der Waals surface area contributed by atoms with Crippen molar-refractivity contribution in [1.82, 2.24) is 5.32 Å². The highest BCUT2D eigenvalue weighted by molar-refractivity contribution is 6.30. The van der Waals surface area contributed by atoms with Crippen LogP contribution in [0.15, 0.2) is 53.5 Å². The lowest BCUT2D eigenvalue weighted by atomic mass is 10.1. The van der Waals surface area contributed by atoms with Gasteiger partial charge in [-0.05, 0) is 30.3 Å². The van der Waals surface area contributed by atoms with Gasteiger partial charge in [0.25, 0.3) is 11.6 Å². The number of carbonyl (C=O) groups is 1. The average molecular weight is 319 g/mol. The van der Waals surface area contributed by atoms with Gasteiger partial charge < -0.3 is 5.73 Å². The maximum atomic E-state index is 12.0. The molecule has 1 amide bonds. The number of nitrogens with one attached hydrogen (secondary N) is 1. The molecule has 22 heavy (non-hydrogen) atoms. The highest BCUT2D eigenvalue weighted by atomic mass is 35.5. The van der Waals surface area contributed by atoms with E-state index in [4.69, 9.17) is 17.3 Å². The fourth-order valence-electron chi connectivity index (χ4n) is 1.69. The number of benzene rings is 2. The summed E-state index contributed by atoms with van der Waals surface area (Å²) >= 11 is 5.75. The average Bonchev–Trinajstić information content (AvgIpc) is 2.49. The number of nitro benzene ring substituents is 1. The molecular weight excluding hydrogens is 308 g/mol. The predicted octanol–water partition coefficient (Wildman–Crippen LogP) is 2.62. The lowest BCUT2D eigenvalue weighted by molar-refractivity contribution is -0.385. The van der Waals surface area contributed by atoms with Crippen molar-refractivity contribution in [3.05, 3.63) is 69.2 Å². The van der Waals surface area contributed by atoms with Crippen LogP contribution >= 0.6 is 11.6 Å². The first-order chi connectivity index (χ1) is 10.5. The molecule has 0 unspecified atom stereocenters. The Kier molecular flexibility index (Phi) is 4.70. The molecule has 0 atom stereocenters. The van der Waals surface area contributed by atoms with E-state index in [1.807, 2.05) is 0 Å². The number of rotatable bonds is 3. The second-order valence-electron chi connectivity index (χ2n) is 4.20. The number of halogens is 1. The van der Waals surface area contributed by atoms with E-state index in [1.165, 1.54) is 24.3 Å². The Labute approximate surface area is 130 Å². The molecule has 0 radical (unpaired) electrons. The van der Waals surface area contributed by atoms with Crippen LogP contribution in [0, 0.1) is 10.1 Å². The van der Waals surface area contributed by atoms with E-state index in [0.29, 0.717) is 10.7 Å². The fourth-order valence-corrected chi connectivity index (χ4v) is 1.82. The zero-order valence-electron chi connectivity index (χ0n) is 11.2. The van der Waals surface area contributed by atoms with Crippen LogP contribution in [0.5, 0.6) is 0 Å². The van der Waals surface area contributed by atoms with Crippen molar-refractivity contribution in [2.24, 2.45) is 10.7 Å². The Morgan fingerprint density at radius 2 is 1.82 bits per heavy atom. The summed E-state index contributed by atoms with van der Waals surface area (Å²) < 4.78 is 0. The monoisotopic (exact) mass is 318 g/mol. The van der Waals surface area contributed by atoms with Crippen molar-refractivity contribution in [3.8, 4) is 0 Å². The molecule has 0 aliphatic rings. The van der Waals surface area contributed by atoms with E-state index in [1.54, 1.807) is 24.3 Å². The maximum absolute atomic E-state index is 12.0. The molecule has 0 aliphatic carbocycles. The van der Waals surface area contributed by atoms with Crippen LogP contribution in [-0.4, -0.2) is 16.8 Å². The Morgan fingerprint density at radius 3 is 2.45 bits per heavy atom. The van der Waals surface area contributed by atoms with E-state index >= 15 is 0 Å². The summed E-state index contributed by atoms with van der Waals surface area (Å²) in [5, 5.41) is 13.7. The minimum atomic E-state index is -0.706. The molecule has 0 saturated carbocycles. The Morgan fingerprint density at radius 1 is 1.18 bits per heavy atom. The largest absolute Gasteiger partial charge is 0.369 e. The number of nitrogens with zero attached hydrogens (tertiary/aromatic N) is 2. The number of aliphatic imine (C=N–C) groups is 1. The summed E-state index contributed by atoms with van der Waals surface area (Å²) in [5.41, 5.74) is 5.71. The lowest BCUT2D eigenvalue weighted by Gasteiger charge is -2.05. The number of hydrogen-bond acceptors (Lipinski definition) is 4. The number of para-hydroxylation sites is 1. The molecule has 3 N–H and O–H groups in total. The third-order valence-corrected chi connectivity index (χ3v) is 2.92. The molecule has 0 heterocycles. The van der Waals surface area contributed by atoms with Crippen LogP contribution in [0.3, 0.4) is 0 Å². The van der Waals surface area contributed by atoms with Gasteiger partial charge in [-0.15, -0.1) is 0 Å². The predicted molar refractivity (Wildman–Crippen MR) is 83.3 cm³/mol. The third-order valence-electron chi connectivity index (χ3n) is 2.66. The van der Waals surface area contributed by atoms with Gasteiger partial charge in [-0.1, -0.05) is 23.7 Å². The molecule has 112 valence electrons. The topological polar surface area (TPSA) is 111 Å². The fraction of sp³-hybridized carbons (Fsp3) is 0. The number of guanidine groups is 1. The van der Waals surface area contributed by atoms with Gasteiger partial charge in [0.1, 0.15) is 5.56 Å². The second kappa shape index (κ2) is 6.68. The van der Waals surface area contributed by atoms with Crippen molar-refractivity contribution in [2.75, 3.05) is 0 Å². The third kappa shape index (κ3) is 3.80. The van der Waals surface area contributed by atoms with Crippen LogP contribution in [0.1, 0.15) is 10.4 Å². The molecule has 0 bridgehead atoms. The quantitative estimate of drug-likeness (QED) is 0.392. The summed E-state index contributed by atoms with van der Waals surface area (Å²) in [6.07, 6.45) is 0. The molecule has 0 aliphatic heterocycles. The summed E-state index contributed by atoms with van der Waals surface area (Å²) in [4.78, 5) is 26.3. The van der Waals surface area contributed by atoms with E-state index < -0.39 is 10.8 Å². The van der Waals surface area contributed by atoms with E-state index in [-0.39, 0.29) is 17.2 Å². The molecule has 8 heteroatoms. The normalized spacial score (nSPS) is 11.0. The van der Waals surface area contributed by atoms with E-state index in [0.717, 1.165) is 0 Å². The van der Waals surface area contributed by atoms with Crippen molar-refractivity contribution < 1.29 is 9.72 Å².